The molecule has 1 aliphatic rings. The third kappa shape index (κ3) is 4.93. The summed E-state index contributed by atoms with van der Waals surface area (Å²) in [5, 5.41) is 0. The summed E-state index contributed by atoms with van der Waals surface area (Å²) in [7, 11) is -1.92. The summed E-state index contributed by atoms with van der Waals surface area (Å²) in [6.07, 6.45) is 1.34. The molecule has 0 aliphatic carbocycles. The van der Waals surface area contributed by atoms with Crippen molar-refractivity contribution in [2.45, 2.75) is 45.4 Å². The average molecular weight is 445 g/mol. The Morgan fingerprint density at radius 1 is 1.10 bits per heavy atom. The summed E-state index contributed by atoms with van der Waals surface area (Å²) in [5.74, 6) is 0.271. The highest BCUT2D eigenvalue weighted by Gasteiger charge is 2.35. The van der Waals surface area contributed by atoms with Gasteiger partial charge in [-0.3, -0.25) is 4.79 Å². The molecule has 1 unspecified atom stereocenters. The predicted octanol–water partition coefficient (Wildman–Crippen LogP) is 4.07. The normalized spacial score (nSPS) is 17.4. The van der Waals surface area contributed by atoms with Crippen LogP contribution in [-0.2, 0) is 14.8 Å². The van der Waals surface area contributed by atoms with E-state index >= 15 is 0 Å². The Labute approximate surface area is 185 Å². The molecular formula is C24H32N2O4S. The first-order chi connectivity index (χ1) is 14.6. The van der Waals surface area contributed by atoms with Gasteiger partial charge in [-0.15, -0.1) is 0 Å². The quantitative estimate of drug-likeness (QED) is 0.674. The van der Waals surface area contributed by atoms with Gasteiger partial charge < -0.3 is 9.64 Å². The van der Waals surface area contributed by atoms with Crippen molar-refractivity contribution in [3.8, 4) is 5.75 Å². The molecule has 6 nitrogen and oxygen atoms in total. The molecular weight excluding hydrogens is 412 g/mol. The van der Waals surface area contributed by atoms with E-state index < -0.39 is 10.0 Å². The number of benzene rings is 2. The second kappa shape index (κ2) is 9.40. The first-order valence-corrected chi connectivity index (χ1v) is 12.2. The van der Waals surface area contributed by atoms with Gasteiger partial charge in [0.05, 0.1) is 17.4 Å². The maximum atomic E-state index is 13.3. The zero-order chi connectivity index (χ0) is 22.8. The van der Waals surface area contributed by atoms with Gasteiger partial charge in [-0.05, 0) is 87.6 Å². The number of rotatable bonds is 6. The Hall–Kier alpha value is -2.38. The molecule has 0 aromatic heterocycles. The molecule has 1 aliphatic heterocycles. The number of amides is 1. The SMILES string of the molecule is CCOc1ccc(S(=O)(=O)N2CCCC(C(=O)N(C)c3ccc(C)c(C)c3)C2)cc1C. The third-order valence-electron chi connectivity index (χ3n) is 6.03. The van der Waals surface area contributed by atoms with E-state index in [1.807, 2.05) is 45.9 Å². The van der Waals surface area contributed by atoms with E-state index in [0.717, 1.165) is 16.8 Å². The summed E-state index contributed by atoms with van der Waals surface area (Å²) >= 11 is 0. The lowest BCUT2D eigenvalue weighted by Crippen LogP contribution is -2.46. The first-order valence-electron chi connectivity index (χ1n) is 10.7. The molecule has 1 amide bonds. The van der Waals surface area contributed by atoms with Crippen LogP contribution in [0.4, 0.5) is 5.69 Å². The molecule has 1 heterocycles. The van der Waals surface area contributed by atoms with Gasteiger partial charge in [0.1, 0.15) is 5.75 Å². The standard InChI is InChI=1S/C24H32N2O4S/c1-6-30-23-12-11-22(15-19(23)4)31(28,29)26-13-7-8-20(16-26)24(27)25(5)21-10-9-17(2)18(3)14-21/h9-12,14-15,20H,6-8,13,16H2,1-5H3. The molecule has 168 valence electrons. The van der Waals surface area contributed by atoms with E-state index in [1.54, 1.807) is 30.1 Å². The molecule has 0 radical (unpaired) electrons. The van der Waals surface area contributed by atoms with Crippen LogP contribution in [0, 0.1) is 26.7 Å². The number of aryl methyl sites for hydroxylation is 3. The molecule has 3 rings (SSSR count). The van der Waals surface area contributed by atoms with Gasteiger partial charge in [0.15, 0.2) is 0 Å². The van der Waals surface area contributed by atoms with Crippen molar-refractivity contribution in [3.05, 3.63) is 53.1 Å². The van der Waals surface area contributed by atoms with Crippen molar-refractivity contribution in [2.24, 2.45) is 5.92 Å². The van der Waals surface area contributed by atoms with E-state index in [0.29, 0.717) is 31.7 Å². The molecule has 0 N–H and O–H groups in total. The molecule has 1 saturated heterocycles. The predicted molar refractivity (Wildman–Crippen MR) is 123 cm³/mol. The van der Waals surface area contributed by atoms with Crippen molar-refractivity contribution in [1.29, 1.82) is 0 Å². The number of anilines is 1. The van der Waals surface area contributed by atoms with Crippen LogP contribution >= 0.6 is 0 Å². The number of hydrogen-bond acceptors (Lipinski definition) is 4. The van der Waals surface area contributed by atoms with Gasteiger partial charge in [0.25, 0.3) is 0 Å². The summed E-state index contributed by atoms with van der Waals surface area (Å²) in [6, 6.07) is 10.9. The minimum absolute atomic E-state index is 0.0500. The maximum absolute atomic E-state index is 13.3. The van der Waals surface area contributed by atoms with Crippen LogP contribution in [0.25, 0.3) is 0 Å². The van der Waals surface area contributed by atoms with Gasteiger partial charge >= 0.3 is 0 Å². The van der Waals surface area contributed by atoms with Crippen LogP contribution in [0.2, 0.25) is 0 Å². The van der Waals surface area contributed by atoms with Crippen molar-refractivity contribution in [3.63, 3.8) is 0 Å². The van der Waals surface area contributed by atoms with Crippen molar-refractivity contribution in [2.75, 3.05) is 31.6 Å². The van der Waals surface area contributed by atoms with Crippen LogP contribution in [0.1, 0.15) is 36.5 Å². The molecule has 0 bridgehead atoms. The summed E-state index contributed by atoms with van der Waals surface area (Å²) in [4.78, 5) is 15.0. The van der Waals surface area contributed by atoms with Crippen LogP contribution < -0.4 is 9.64 Å². The smallest absolute Gasteiger partial charge is 0.243 e. The Morgan fingerprint density at radius 2 is 1.84 bits per heavy atom. The van der Waals surface area contributed by atoms with Crippen LogP contribution in [0.3, 0.4) is 0 Å². The zero-order valence-electron chi connectivity index (χ0n) is 19.0. The largest absolute Gasteiger partial charge is 0.494 e. The van der Waals surface area contributed by atoms with Crippen LogP contribution in [0.15, 0.2) is 41.3 Å². The second-order valence-electron chi connectivity index (χ2n) is 8.23. The van der Waals surface area contributed by atoms with E-state index in [9.17, 15) is 13.2 Å². The minimum Gasteiger partial charge on any atom is -0.494 e. The summed E-state index contributed by atoms with van der Waals surface area (Å²) in [6.45, 7) is 8.93. The van der Waals surface area contributed by atoms with Gasteiger partial charge in [-0.2, -0.15) is 4.31 Å². The fourth-order valence-corrected chi connectivity index (χ4v) is 5.56. The highest BCUT2D eigenvalue weighted by molar-refractivity contribution is 7.89. The fraction of sp³-hybridized carbons (Fsp3) is 0.458. The number of hydrogen-bond donors (Lipinski definition) is 0. The minimum atomic E-state index is -3.68. The molecule has 1 fully saturated rings. The molecule has 7 heteroatoms. The van der Waals surface area contributed by atoms with Crippen LogP contribution in [-0.4, -0.2) is 45.4 Å². The molecule has 2 aromatic rings. The fourth-order valence-electron chi connectivity index (χ4n) is 3.95. The molecule has 0 spiro atoms. The topological polar surface area (TPSA) is 66.9 Å². The Bertz CT molecular complexity index is 1070. The number of nitrogens with zero attached hydrogens (tertiary/aromatic N) is 2. The van der Waals surface area contributed by atoms with Crippen molar-refractivity contribution >= 4 is 21.6 Å². The monoisotopic (exact) mass is 444 g/mol. The van der Waals surface area contributed by atoms with Gasteiger partial charge in [-0.1, -0.05) is 6.07 Å². The number of sulfonamides is 1. The Kier molecular flexibility index (Phi) is 7.06. The average Bonchev–Trinajstić information content (AvgIpc) is 2.76. The molecule has 2 aromatic carbocycles. The lowest BCUT2D eigenvalue weighted by Gasteiger charge is -2.33. The Balaban J connectivity index is 1.78. The number of carbonyl (C=O) groups excluding carboxylic acids is 1. The lowest BCUT2D eigenvalue weighted by atomic mass is 9.98. The van der Waals surface area contributed by atoms with Crippen LogP contribution in [0.5, 0.6) is 5.75 Å². The lowest BCUT2D eigenvalue weighted by molar-refractivity contribution is -0.123. The van der Waals surface area contributed by atoms with Gasteiger partial charge in [-0.25, -0.2) is 8.42 Å². The van der Waals surface area contributed by atoms with E-state index in [-0.39, 0.29) is 23.3 Å². The maximum Gasteiger partial charge on any atom is 0.243 e. The summed E-state index contributed by atoms with van der Waals surface area (Å²) in [5.41, 5.74) is 3.90. The highest BCUT2D eigenvalue weighted by atomic mass is 32.2. The van der Waals surface area contributed by atoms with E-state index in [4.69, 9.17) is 4.74 Å². The van der Waals surface area contributed by atoms with Gasteiger partial charge in [0, 0.05) is 25.8 Å². The zero-order valence-corrected chi connectivity index (χ0v) is 19.8. The van der Waals surface area contributed by atoms with Gasteiger partial charge in [0.2, 0.25) is 15.9 Å². The van der Waals surface area contributed by atoms with Crippen molar-refractivity contribution in [1.82, 2.24) is 4.31 Å². The molecule has 0 saturated carbocycles. The first kappa shape index (κ1) is 23.3. The third-order valence-corrected chi connectivity index (χ3v) is 7.89. The number of ether oxygens (including phenoxy) is 1. The Morgan fingerprint density at radius 3 is 2.48 bits per heavy atom. The van der Waals surface area contributed by atoms with E-state index in [1.165, 1.54) is 9.87 Å². The van der Waals surface area contributed by atoms with E-state index in [2.05, 4.69) is 0 Å². The molecule has 31 heavy (non-hydrogen) atoms. The highest BCUT2D eigenvalue weighted by Crippen LogP contribution is 2.29. The second-order valence-corrected chi connectivity index (χ2v) is 10.2. The summed E-state index contributed by atoms with van der Waals surface area (Å²) < 4.78 is 33.5. The molecule has 1 atom stereocenters. The number of carbonyl (C=O) groups is 1. The number of piperidine rings is 1. The van der Waals surface area contributed by atoms with Crippen molar-refractivity contribution < 1.29 is 17.9 Å².